The molecule has 2 aromatic rings. The van der Waals surface area contributed by atoms with Crippen LogP contribution in [-0.2, 0) is 0 Å². The predicted molar refractivity (Wildman–Crippen MR) is 67.1 cm³/mol. The van der Waals surface area contributed by atoms with Gasteiger partial charge in [0.2, 0.25) is 0 Å². The van der Waals surface area contributed by atoms with Gasteiger partial charge in [-0.3, -0.25) is 0 Å². The summed E-state index contributed by atoms with van der Waals surface area (Å²) in [6.45, 7) is 2.01. The molecule has 0 saturated carbocycles. The fraction of sp³-hybridized carbons (Fsp3) is 0.0714. The molecule has 0 atom stereocenters. The molecule has 84 valence electrons. The standard InChI is InChI=1S/C14H9ClO2/c1-10-2-4-11(5-3-10)6-7-13-8-12(15)9-14(16)17-13/h2-5,8-9H,1H3. The first-order valence-electron chi connectivity index (χ1n) is 5.03. The Morgan fingerprint density at radius 2 is 1.82 bits per heavy atom. The van der Waals surface area contributed by atoms with E-state index in [1.165, 1.54) is 17.7 Å². The zero-order chi connectivity index (χ0) is 12.3. The number of benzene rings is 1. The molecule has 17 heavy (non-hydrogen) atoms. The Hall–Kier alpha value is -1.98. The van der Waals surface area contributed by atoms with Crippen LogP contribution in [0.5, 0.6) is 0 Å². The summed E-state index contributed by atoms with van der Waals surface area (Å²) >= 11 is 5.72. The van der Waals surface area contributed by atoms with Crippen molar-refractivity contribution in [1.82, 2.24) is 0 Å². The summed E-state index contributed by atoms with van der Waals surface area (Å²) in [6.07, 6.45) is 0. The maximum Gasteiger partial charge on any atom is 0.338 e. The van der Waals surface area contributed by atoms with E-state index < -0.39 is 5.63 Å². The van der Waals surface area contributed by atoms with Gasteiger partial charge in [-0.15, -0.1) is 0 Å². The normalized spacial score (nSPS) is 9.53. The lowest BCUT2D eigenvalue weighted by Gasteiger charge is -1.92. The quantitative estimate of drug-likeness (QED) is 0.667. The van der Waals surface area contributed by atoms with E-state index >= 15 is 0 Å². The van der Waals surface area contributed by atoms with Gasteiger partial charge in [-0.05, 0) is 25.0 Å². The smallest absolute Gasteiger partial charge is 0.338 e. The van der Waals surface area contributed by atoms with Gasteiger partial charge in [0.1, 0.15) is 0 Å². The van der Waals surface area contributed by atoms with Gasteiger partial charge in [-0.1, -0.05) is 35.2 Å². The Balaban J connectivity index is 2.32. The van der Waals surface area contributed by atoms with Crippen LogP contribution in [0.1, 0.15) is 16.9 Å². The van der Waals surface area contributed by atoms with Crippen molar-refractivity contribution in [3.05, 3.63) is 68.7 Å². The Kier molecular flexibility index (Phi) is 3.32. The van der Waals surface area contributed by atoms with Crippen molar-refractivity contribution >= 4 is 11.6 Å². The average molecular weight is 245 g/mol. The molecule has 1 aromatic heterocycles. The van der Waals surface area contributed by atoms with Crippen LogP contribution in [0.2, 0.25) is 5.02 Å². The summed E-state index contributed by atoms with van der Waals surface area (Å²) in [5.41, 5.74) is 1.54. The molecule has 0 bridgehead atoms. The van der Waals surface area contributed by atoms with Gasteiger partial charge in [0, 0.05) is 17.7 Å². The lowest BCUT2D eigenvalue weighted by molar-refractivity contribution is 0.499. The third kappa shape index (κ3) is 3.24. The van der Waals surface area contributed by atoms with Crippen molar-refractivity contribution in [2.24, 2.45) is 0 Å². The highest BCUT2D eigenvalue weighted by Crippen LogP contribution is 2.07. The minimum Gasteiger partial charge on any atom is -0.414 e. The van der Waals surface area contributed by atoms with Crippen LogP contribution in [0, 0.1) is 18.8 Å². The molecular weight excluding hydrogens is 236 g/mol. The van der Waals surface area contributed by atoms with E-state index in [0.717, 1.165) is 5.56 Å². The van der Waals surface area contributed by atoms with Crippen molar-refractivity contribution in [2.75, 3.05) is 0 Å². The first-order valence-corrected chi connectivity index (χ1v) is 5.41. The minimum atomic E-state index is -0.495. The molecule has 0 fully saturated rings. The summed E-state index contributed by atoms with van der Waals surface area (Å²) < 4.78 is 4.89. The number of hydrogen-bond donors (Lipinski definition) is 0. The molecule has 2 nitrogen and oxygen atoms in total. The monoisotopic (exact) mass is 244 g/mol. The van der Waals surface area contributed by atoms with Crippen molar-refractivity contribution in [3.63, 3.8) is 0 Å². The maximum absolute atomic E-state index is 11.0. The second-order valence-corrected chi connectivity index (χ2v) is 4.01. The minimum absolute atomic E-state index is 0.267. The highest BCUT2D eigenvalue weighted by Gasteiger charge is 1.96. The number of halogens is 1. The Morgan fingerprint density at radius 1 is 1.12 bits per heavy atom. The van der Waals surface area contributed by atoms with Crippen LogP contribution in [0.3, 0.4) is 0 Å². The molecule has 0 aliphatic rings. The van der Waals surface area contributed by atoms with Crippen LogP contribution < -0.4 is 5.63 Å². The molecule has 0 radical (unpaired) electrons. The first kappa shape index (κ1) is 11.5. The lowest BCUT2D eigenvalue weighted by atomic mass is 10.1. The van der Waals surface area contributed by atoms with Crippen LogP contribution in [0.4, 0.5) is 0 Å². The summed E-state index contributed by atoms with van der Waals surface area (Å²) in [5, 5.41) is 0.328. The molecule has 0 unspecified atom stereocenters. The largest absolute Gasteiger partial charge is 0.414 e. The fourth-order valence-electron chi connectivity index (χ4n) is 1.28. The summed E-state index contributed by atoms with van der Waals surface area (Å²) in [5.74, 6) is 5.93. The van der Waals surface area contributed by atoms with E-state index in [4.69, 9.17) is 16.0 Å². The molecule has 0 aliphatic carbocycles. The van der Waals surface area contributed by atoms with Crippen LogP contribution >= 0.6 is 11.6 Å². The van der Waals surface area contributed by atoms with E-state index in [2.05, 4.69) is 11.8 Å². The van der Waals surface area contributed by atoms with Gasteiger partial charge in [-0.25, -0.2) is 4.79 Å². The molecule has 0 aliphatic heterocycles. The molecule has 2 rings (SSSR count). The van der Waals surface area contributed by atoms with Gasteiger partial charge < -0.3 is 4.42 Å². The number of aryl methyl sites for hydroxylation is 1. The van der Waals surface area contributed by atoms with Gasteiger partial charge in [-0.2, -0.15) is 0 Å². The summed E-state index contributed by atoms with van der Waals surface area (Å²) in [6, 6.07) is 10.5. The molecule has 1 aromatic carbocycles. The van der Waals surface area contributed by atoms with E-state index in [-0.39, 0.29) is 5.76 Å². The Morgan fingerprint density at radius 3 is 2.47 bits per heavy atom. The number of hydrogen-bond acceptors (Lipinski definition) is 2. The third-order valence-electron chi connectivity index (χ3n) is 2.12. The first-order chi connectivity index (χ1) is 8.13. The molecule has 3 heteroatoms. The van der Waals surface area contributed by atoms with Gasteiger partial charge >= 0.3 is 5.63 Å². The second-order valence-electron chi connectivity index (χ2n) is 3.57. The van der Waals surface area contributed by atoms with Crippen LogP contribution in [0.25, 0.3) is 0 Å². The van der Waals surface area contributed by atoms with Gasteiger partial charge in [0.15, 0.2) is 5.76 Å². The average Bonchev–Trinajstić information content (AvgIpc) is 2.27. The summed E-state index contributed by atoms with van der Waals surface area (Å²) in [4.78, 5) is 11.0. The lowest BCUT2D eigenvalue weighted by Crippen LogP contribution is -1.96. The van der Waals surface area contributed by atoms with Crippen molar-refractivity contribution in [2.45, 2.75) is 6.92 Å². The second kappa shape index (κ2) is 4.90. The zero-order valence-corrected chi connectivity index (χ0v) is 9.91. The summed E-state index contributed by atoms with van der Waals surface area (Å²) in [7, 11) is 0. The molecule has 1 heterocycles. The van der Waals surface area contributed by atoms with Crippen LogP contribution in [0.15, 0.2) is 45.6 Å². The third-order valence-corrected chi connectivity index (χ3v) is 2.34. The van der Waals surface area contributed by atoms with E-state index in [0.29, 0.717) is 5.02 Å². The molecular formula is C14H9ClO2. The van der Waals surface area contributed by atoms with Crippen molar-refractivity contribution in [3.8, 4) is 11.8 Å². The topological polar surface area (TPSA) is 30.2 Å². The fourth-order valence-corrected chi connectivity index (χ4v) is 1.47. The van der Waals surface area contributed by atoms with Gasteiger partial charge in [0.25, 0.3) is 0 Å². The molecule has 0 spiro atoms. The molecule has 0 saturated heterocycles. The van der Waals surface area contributed by atoms with Crippen molar-refractivity contribution < 1.29 is 4.42 Å². The maximum atomic E-state index is 11.0. The Bertz CT molecular complexity index is 642. The highest BCUT2D eigenvalue weighted by molar-refractivity contribution is 6.30. The Labute approximate surface area is 104 Å². The van der Waals surface area contributed by atoms with E-state index in [9.17, 15) is 4.79 Å². The van der Waals surface area contributed by atoms with Gasteiger partial charge in [0.05, 0.1) is 5.02 Å². The predicted octanol–water partition coefficient (Wildman–Crippen LogP) is 3.00. The van der Waals surface area contributed by atoms with E-state index in [1.54, 1.807) is 0 Å². The van der Waals surface area contributed by atoms with Crippen LogP contribution in [-0.4, -0.2) is 0 Å². The zero-order valence-electron chi connectivity index (χ0n) is 9.16. The molecule has 0 amide bonds. The number of rotatable bonds is 0. The molecule has 0 N–H and O–H groups in total. The highest BCUT2D eigenvalue weighted by atomic mass is 35.5. The SMILES string of the molecule is Cc1ccc(C#Cc2cc(Cl)cc(=O)o2)cc1. The van der Waals surface area contributed by atoms with Crippen molar-refractivity contribution in [1.29, 1.82) is 0 Å². The van der Waals surface area contributed by atoms with E-state index in [1.807, 2.05) is 31.2 Å².